The van der Waals surface area contributed by atoms with Gasteiger partial charge in [0.25, 0.3) is 0 Å². The Hall–Kier alpha value is -2.02. The SMILES string of the molecule is CC1(C)[C@@H]2CC[C@@]1(CS(=O)(=O)N[C@@H](c1ccccc1)[C@@H](N)c1ccccc1)C(=O)C2. The third-order valence-electron chi connectivity index (χ3n) is 7.58. The number of fused-ring (bicyclic) bond motifs is 2. The van der Waals surface area contributed by atoms with Crippen LogP contribution in [0.25, 0.3) is 0 Å². The zero-order valence-electron chi connectivity index (χ0n) is 17.5. The lowest BCUT2D eigenvalue weighted by Crippen LogP contribution is -2.47. The zero-order chi connectivity index (χ0) is 21.6. The topological polar surface area (TPSA) is 89.3 Å². The Morgan fingerprint density at radius 2 is 1.60 bits per heavy atom. The second-order valence-electron chi connectivity index (χ2n) is 9.37. The van der Waals surface area contributed by atoms with Crippen LogP contribution in [0.3, 0.4) is 0 Å². The lowest BCUT2D eigenvalue weighted by atomic mass is 9.70. The first-order valence-corrected chi connectivity index (χ1v) is 12.2. The number of sulfonamides is 1. The van der Waals surface area contributed by atoms with Crippen LogP contribution >= 0.6 is 0 Å². The number of ketones is 1. The van der Waals surface area contributed by atoms with E-state index in [0.717, 1.165) is 17.5 Å². The summed E-state index contributed by atoms with van der Waals surface area (Å²) in [4.78, 5) is 12.8. The third-order valence-corrected chi connectivity index (χ3v) is 9.07. The Labute approximate surface area is 179 Å². The van der Waals surface area contributed by atoms with Gasteiger partial charge in [0.2, 0.25) is 10.0 Å². The van der Waals surface area contributed by atoms with Crippen molar-refractivity contribution < 1.29 is 13.2 Å². The van der Waals surface area contributed by atoms with E-state index >= 15 is 0 Å². The van der Waals surface area contributed by atoms with Gasteiger partial charge in [0.1, 0.15) is 5.78 Å². The fourth-order valence-electron chi connectivity index (χ4n) is 5.54. The summed E-state index contributed by atoms with van der Waals surface area (Å²) < 4.78 is 29.7. The summed E-state index contributed by atoms with van der Waals surface area (Å²) in [6, 6.07) is 17.7. The van der Waals surface area contributed by atoms with Gasteiger partial charge in [-0.3, -0.25) is 4.79 Å². The molecule has 160 valence electrons. The largest absolute Gasteiger partial charge is 0.322 e. The molecular weight excluding hydrogens is 396 g/mol. The molecule has 0 aliphatic heterocycles. The average Bonchev–Trinajstić information content (AvgIpc) is 3.07. The van der Waals surface area contributed by atoms with Crippen LogP contribution in [0, 0.1) is 16.7 Å². The lowest BCUT2D eigenvalue weighted by molar-refractivity contribution is -0.128. The Morgan fingerprint density at radius 3 is 2.10 bits per heavy atom. The van der Waals surface area contributed by atoms with Crippen molar-refractivity contribution in [3.63, 3.8) is 0 Å². The Bertz CT molecular complexity index is 1020. The molecule has 0 heterocycles. The van der Waals surface area contributed by atoms with E-state index in [0.29, 0.717) is 12.8 Å². The number of nitrogens with two attached hydrogens (primary N) is 1. The Morgan fingerprint density at radius 1 is 1.03 bits per heavy atom. The number of nitrogens with one attached hydrogen (secondary N) is 1. The van der Waals surface area contributed by atoms with Crippen LogP contribution in [0.4, 0.5) is 0 Å². The molecule has 0 amide bonds. The first-order chi connectivity index (χ1) is 14.2. The molecule has 4 rings (SSSR count). The van der Waals surface area contributed by atoms with Gasteiger partial charge in [-0.05, 0) is 35.3 Å². The molecule has 2 bridgehead atoms. The molecule has 2 fully saturated rings. The molecule has 0 unspecified atom stereocenters. The highest BCUT2D eigenvalue weighted by Gasteiger charge is 2.65. The van der Waals surface area contributed by atoms with Crippen molar-refractivity contribution in [2.45, 2.75) is 45.2 Å². The summed E-state index contributed by atoms with van der Waals surface area (Å²) in [5.41, 5.74) is 7.09. The number of carbonyl (C=O) groups excluding carboxylic acids is 1. The summed E-state index contributed by atoms with van der Waals surface area (Å²) in [6.07, 6.45) is 2.05. The Balaban J connectivity index is 1.65. The average molecular weight is 427 g/mol. The number of hydrogen-bond acceptors (Lipinski definition) is 4. The molecule has 0 spiro atoms. The number of rotatable bonds is 7. The first-order valence-electron chi connectivity index (χ1n) is 10.6. The van der Waals surface area contributed by atoms with Gasteiger partial charge in [0, 0.05) is 11.8 Å². The van der Waals surface area contributed by atoms with Crippen LogP contribution in [0.15, 0.2) is 60.7 Å². The van der Waals surface area contributed by atoms with Crippen molar-refractivity contribution in [1.29, 1.82) is 0 Å². The zero-order valence-corrected chi connectivity index (χ0v) is 18.4. The Kier molecular flexibility index (Phi) is 5.37. The second-order valence-corrected chi connectivity index (χ2v) is 11.1. The maximum Gasteiger partial charge on any atom is 0.213 e. The molecule has 2 aliphatic carbocycles. The van der Waals surface area contributed by atoms with Crippen molar-refractivity contribution >= 4 is 15.8 Å². The molecule has 2 saturated carbocycles. The third kappa shape index (κ3) is 3.51. The molecule has 30 heavy (non-hydrogen) atoms. The van der Waals surface area contributed by atoms with Crippen LogP contribution in [-0.2, 0) is 14.8 Å². The molecule has 2 aromatic rings. The molecule has 4 atom stereocenters. The van der Waals surface area contributed by atoms with Crippen LogP contribution in [0.2, 0.25) is 0 Å². The fraction of sp³-hybridized carbons (Fsp3) is 0.458. The second kappa shape index (κ2) is 7.59. The van der Waals surface area contributed by atoms with Crippen LogP contribution in [0.5, 0.6) is 0 Å². The maximum atomic E-state index is 13.4. The van der Waals surface area contributed by atoms with E-state index in [-0.39, 0.29) is 22.9 Å². The maximum absolute atomic E-state index is 13.4. The van der Waals surface area contributed by atoms with E-state index in [1.54, 1.807) is 0 Å². The normalized spacial score (nSPS) is 27.2. The number of Topliss-reactive ketones (excluding diaryl/α,β-unsaturated/α-hetero) is 1. The molecule has 0 aromatic heterocycles. The highest BCUT2D eigenvalue weighted by molar-refractivity contribution is 7.89. The molecule has 6 heteroatoms. The molecular formula is C24H30N2O3S. The van der Waals surface area contributed by atoms with E-state index in [1.807, 2.05) is 60.7 Å². The monoisotopic (exact) mass is 426 g/mol. The minimum atomic E-state index is -3.76. The summed E-state index contributed by atoms with van der Waals surface area (Å²) in [5.74, 6) is 0.196. The summed E-state index contributed by atoms with van der Waals surface area (Å²) in [7, 11) is -3.76. The summed E-state index contributed by atoms with van der Waals surface area (Å²) >= 11 is 0. The summed E-state index contributed by atoms with van der Waals surface area (Å²) in [5, 5.41) is 0. The molecule has 3 N–H and O–H groups in total. The van der Waals surface area contributed by atoms with Gasteiger partial charge in [0.05, 0.1) is 17.8 Å². The van der Waals surface area contributed by atoms with Gasteiger partial charge >= 0.3 is 0 Å². The van der Waals surface area contributed by atoms with E-state index in [1.165, 1.54) is 0 Å². The van der Waals surface area contributed by atoms with Crippen molar-refractivity contribution in [3.8, 4) is 0 Å². The van der Waals surface area contributed by atoms with Gasteiger partial charge in [-0.1, -0.05) is 74.5 Å². The molecule has 0 radical (unpaired) electrons. The molecule has 2 aromatic carbocycles. The predicted molar refractivity (Wildman–Crippen MR) is 118 cm³/mol. The van der Waals surface area contributed by atoms with E-state index in [4.69, 9.17) is 5.73 Å². The van der Waals surface area contributed by atoms with Crippen LogP contribution in [0.1, 0.15) is 56.3 Å². The molecule has 5 nitrogen and oxygen atoms in total. The van der Waals surface area contributed by atoms with Gasteiger partial charge in [-0.2, -0.15) is 0 Å². The van der Waals surface area contributed by atoms with Crippen LogP contribution in [-0.4, -0.2) is 20.0 Å². The minimum absolute atomic E-state index is 0.0951. The number of carbonyl (C=O) groups is 1. The highest BCUT2D eigenvalue weighted by Crippen LogP contribution is 2.64. The van der Waals surface area contributed by atoms with Gasteiger partial charge in [0.15, 0.2) is 0 Å². The van der Waals surface area contributed by atoms with Crippen molar-refractivity contribution in [2.24, 2.45) is 22.5 Å². The van der Waals surface area contributed by atoms with Gasteiger partial charge in [-0.15, -0.1) is 0 Å². The molecule has 2 aliphatic rings. The summed E-state index contributed by atoms with van der Waals surface area (Å²) in [6.45, 7) is 4.10. The van der Waals surface area contributed by atoms with Gasteiger partial charge < -0.3 is 5.73 Å². The van der Waals surface area contributed by atoms with E-state index in [9.17, 15) is 13.2 Å². The first kappa shape index (κ1) is 21.2. The highest BCUT2D eigenvalue weighted by atomic mass is 32.2. The van der Waals surface area contributed by atoms with E-state index in [2.05, 4.69) is 18.6 Å². The van der Waals surface area contributed by atoms with Gasteiger partial charge in [-0.25, -0.2) is 13.1 Å². The van der Waals surface area contributed by atoms with E-state index < -0.39 is 27.5 Å². The lowest BCUT2D eigenvalue weighted by Gasteiger charge is -2.37. The van der Waals surface area contributed by atoms with Crippen molar-refractivity contribution in [1.82, 2.24) is 4.72 Å². The standard InChI is InChI=1S/C24H30N2O3S/c1-23(2)19-13-14-24(23,20(27)15-19)16-30(28,29)26-22(18-11-7-4-8-12-18)21(25)17-9-5-3-6-10-17/h3-12,19,21-22,26H,13-16,25H2,1-2H3/t19-,21+,22+,24-/m1/s1. The smallest absolute Gasteiger partial charge is 0.213 e. The predicted octanol–water partition coefficient (Wildman–Crippen LogP) is 3.74. The van der Waals surface area contributed by atoms with Crippen LogP contribution < -0.4 is 10.5 Å². The fourth-order valence-corrected chi connectivity index (χ4v) is 7.62. The molecule has 0 saturated heterocycles. The van der Waals surface area contributed by atoms with Crippen molar-refractivity contribution in [3.05, 3.63) is 71.8 Å². The minimum Gasteiger partial charge on any atom is -0.322 e. The number of hydrogen-bond donors (Lipinski definition) is 2. The quantitative estimate of drug-likeness (QED) is 0.706. The number of benzene rings is 2. The van der Waals surface area contributed by atoms with Crippen molar-refractivity contribution in [2.75, 3.05) is 5.75 Å².